The molecule has 8 nitrogen and oxygen atoms in total. The van der Waals surface area contributed by atoms with Crippen molar-refractivity contribution in [1.82, 2.24) is 20.0 Å². The predicted octanol–water partition coefficient (Wildman–Crippen LogP) is 1.92. The van der Waals surface area contributed by atoms with Gasteiger partial charge in [0.25, 0.3) is 0 Å². The maximum absolute atomic E-state index is 12.3. The average Bonchev–Trinajstić information content (AvgIpc) is 3.17. The number of likely N-dealkylation sites (tertiary alicyclic amines) is 1. The van der Waals surface area contributed by atoms with Crippen LogP contribution in [0.5, 0.6) is 0 Å². The van der Waals surface area contributed by atoms with E-state index in [2.05, 4.69) is 10.4 Å². The van der Waals surface area contributed by atoms with Gasteiger partial charge in [-0.1, -0.05) is 11.6 Å². The van der Waals surface area contributed by atoms with Crippen LogP contribution >= 0.6 is 11.6 Å². The number of amides is 2. The third kappa shape index (κ3) is 3.49. The first-order valence-corrected chi connectivity index (χ1v) is 12.1. The molecule has 4 rings (SSSR count). The van der Waals surface area contributed by atoms with Crippen LogP contribution in [0.2, 0.25) is 5.02 Å². The number of nitrogens with one attached hydrogen (secondary N) is 1. The molecule has 1 unspecified atom stereocenters. The zero-order valence-electron chi connectivity index (χ0n) is 16.4. The maximum Gasteiger partial charge on any atom is 0.317 e. The van der Waals surface area contributed by atoms with Crippen LogP contribution in [0.15, 0.2) is 18.3 Å². The first-order valence-electron chi connectivity index (χ1n) is 9.67. The number of aliphatic hydroxyl groups excluding tert-OH is 1. The molecule has 2 aromatic rings. The SMILES string of the molecule is CC1(C2CCN(C(=O)NCCS(C)(=O)=O)CC2)[C@H](O)c2cc(Cl)cc3cnn1c23. The smallest absolute Gasteiger partial charge is 0.317 e. The molecule has 1 aromatic heterocycles. The van der Waals surface area contributed by atoms with Gasteiger partial charge in [-0.15, -0.1) is 0 Å². The van der Waals surface area contributed by atoms with Crippen molar-refractivity contribution in [3.8, 4) is 0 Å². The molecule has 2 amide bonds. The Hall–Kier alpha value is -1.84. The molecule has 2 atom stereocenters. The number of aromatic nitrogens is 2. The lowest BCUT2D eigenvalue weighted by Crippen LogP contribution is -2.50. The van der Waals surface area contributed by atoms with Gasteiger partial charge in [0.2, 0.25) is 0 Å². The van der Waals surface area contributed by atoms with Gasteiger partial charge in [-0.3, -0.25) is 4.68 Å². The number of halogens is 1. The summed E-state index contributed by atoms with van der Waals surface area (Å²) in [4.78, 5) is 14.0. The number of piperidine rings is 1. The van der Waals surface area contributed by atoms with Crippen LogP contribution in [-0.4, -0.2) is 65.9 Å². The Balaban J connectivity index is 1.45. The summed E-state index contributed by atoms with van der Waals surface area (Å²) < 4.78 is 24.3. The Kier molecular flexibility index (Phi) is 5.03. The summed E-state index contributed by atoms with van der Waals surface area (Å²) >= 11 is 6.21. The number of hydrogen-bond acceptors (Lipinski definition) is 5. The van der Waals surface area contributed by atoms with Crippen LogP contribution in [0.1, 0.15) is 31.4 Å². The van der Waals surface area contributed by atoms with Crippen molar-refractivity contribution in [2.24, 2.45) is 5.92 Å². The highest BCUT2D eigenvalue weighted by Gasteiger charge is 2.50. The van der Waals surface area contributed by atoms with Crippen LogP contribution in [-0.2, 0) is 15.4 Å². The monoisotopic (exact) mass is 440 g/mol. The van der Waals surface area contributed by atoms with Gasteiger partial charge < -0.3 is 15.3 Å². The third-order valence-corrected chi connectivity index (χ3v) is 7.48. The number of hydrogen-bond donors (Lipinski definition) is 2. The summed E-state index contributed by atoms with van der Waals surface area (Å²) in [5.74, 6) is 0.0575. The molecule has 1 fully saturated rings. The Labute approximate surface area is 174 Å². The van der Waals surface area contributed by atoms with E-state index in [1.807, 2.05) is 23.7 Å². The van der Waals surface area contributed by atoms with Crippen molar-refractivity contribution in [2.45, 2.75) is 31.4 Å². The van der Waals surface area contributed by atoms with Crippen molar-refractivity contribution in [3.63, 3.8) is 0 Å². The van der Waals surface area contributed by atoms with Gasteiger partial charge in [0.15, 0.2) is 0 Å². The van der Waals surface area contributed by atoms with Crippen molar-refractivity contribution < 1.29 is 18.3 Å². The van der Waals surface area contributed by atoms with Crippen LogP contribution < -0.4 is 5.32 Å². The largest absolute Gasteiger partial charge is 0.386 e. The van der Waals surface area contributed by atoms with Gasteiger partial charge in [-0.25, -0.2) is 13.2 Å². The number of rotatable bonds is 4. The maximum atomic E-state index is 12.3. The van der Waals surface area contributed by atoms with E-state index >= 15 is 0 Å². The first-order chi connectivity index (χ1) is 13.6. The molecule has 0 bridgehead atoms. The average molecular weight is 441 g/mol. The molecular weight excluding hydrogens is 416 g/mol. The van der Waals surface area contributed by atoms with Gasteiger partial charge in [-0.05, 0) is 37.8 Å². The molecule has 29 heavy (non-hydrogen) atoms. The summed E-state index contributed by atoms with van der Waals surface area (Å²) in [6.07, 6.45) is 3.65. The normalized spacial score (nSPS) is 25.0. The third-order valence-electron chi connectivity index (χ3n) is 6.32. The first kappa shape index (κ1) is 20.4. The van der Waals surface area contributed by atoms with Gasteiger partial charge in [0, 0.05) is 41.9 Å². The number of sulfone groups is 1. The second-order valence-electron chi connectivity index (χ2n) is 8.24. The van der Waals surface area contributed by atoms with E-state index in [4.69, 9.17) is 11.6 Å². The van der Waals surface area contributed by atoms with E-state index in [9.17, 15) is 18.3 Å². The second-order valence-corrected chi connectivity index (χ2v) is 10.9. The quantitative estimate of drug-likeness (QED) is 0.755. The van der Waals surface area contributed by atoms with Gasteiger partial charge in [-0.2, -0.15) is 5.10 Å². The summed E-state index contributed by atoms with van der Waals surface area (Å²) in [7, 11) is -3.11. The molecule has 158 valence electrons. The van der Waals surface area contributed by atoms with Crippen LogP contribution in [0.3, 0.4) is 0 Å². The highest BCUT2D eigenvalue weighted by Crippen LogP contribution is 2.51. The molecule has 2 N–H and O–H groups in total. The Bertz CT molecular complexity index is 1060. The van der Waals surface area contributed by atoms with E-state index in [0.29, 0.717) is 18.1 Å². The minimum atomic E-state index is -3.11. The van der Waals surface area contributed by atoms with Crippen molar-refractivity contribution in [2.75, 3.05) is 31.6 Å². The second kappa shape index (κ2) is 7.14. The van der Waals surface area contributed by atoms with Crippen molar-refractivity contribution in [3.05, 3.63) is 28.9 Å². The van der Waals surface area contributed by atoms with Crippen molar-refractivity contribution in [1.29, 1.82) is 0 Å². The van der Waals surface area contributed by atoms with E-state index in [1.54, 1.807) is 11.1 Å². The fourth-order valence-corrected chi connectivity index (χ4v) is 5.39. The van der Waals surface area contributed by atoms with E-state index in [1.165, 1.54) is 0 Å². The van der Waals surface area contributed by atoms with E-state index in [-0.39, 0.29) is 24.2 Å². The summed E-state index contributed by atoms with van der Waals surface area (Å²) in [5, 5.41) is 19.9. The molecule has 10 heteroatoms. The van der Waals surface area contributed by atoms with E-state index < -0.39 is 21.5 Å². The highest BCUT2D eigenvalue weighted by molar-refractivity contribution is 7.90. The Morgan fingerprint density at radius 3 is 2.72 bits per heavy atom. The number of urea groups is 1. The molecule has 2 aliphatic rings. The minimum Gasteiger partial charge on any atom is -0.386 e. The summed E-state index contributed by atoms with van der Waals surface area (Å²) in [6.45, 7) is 3.21. The Morgan fingerprint density at radius 2 is 2.07 bits per heavy atom. The van der Waals surface area contributed by atoms with Gasteiger partial charge >= 0.3 is 6.03 Å². The molecule has 0 spiro atoms. The van der Waals surface area contributed by atoms with Crippen LogP contribution in [0.4, 0.5) is 4.79 Å². The molecule has 3 heterocycles. The lowest BCUT2D eigenvalue weighted by atomic mass is 9.75. The lowest BCUT2D eigenvalue weighted by molar-refractivity contribution is -0.0116. The molecule has 2 aliphatic heterocycles. The summed E-state index contributed by atoms with van der Waals surface area (Å²) in [6, 6.07) is 3.41. The zero-order valence-corrected chi connectivity index (χ0v) is 18.0. The predicted molar refractivity (Wildman–Crippen MR) is 111 cm³/mol. The molecule has 1 aromatic carbocycles. The fraction of sp³-hybridized carbons (Fsp3) is 0.579. The minimum absolute atomic E-state index is 0.0738. The number of aliphatic hydroxyl groups is 1. The molecule has 0 aliphatic carbocycles. The van der Waals surface area contributed by atoms with Gasteiger partial charge in [0.1, 0.15) is 15.9 Å². The van der Waals surface area contributed by atoms with Crippen LogP contribution in [0, 0.1) is 5.92 Å². The highest BCUT2D eigenvalue weighted by atomic mass is 35.5. The number of nitrogens with zero attached hydrogens (tertiary/aromatic N) is 3. The molecular formula is C19H25ClN4O4S. The molecule has 0 saturated carbocycles. The molecule has 0 radical (unpaired) electrons. The Morgan fingerprint density at radius 1 is 1.38 bits per heavy atom. The zero-order chi connectivity index (χ0) is 21.0. The van der Waals surface area contributed by atoms with E-state index in [0.717, 1.165) is 35.6 Å². The number of benzene rings is 1. The topological polar surface area (TPSA) is 105 Å². The van der Waals surface area contributed by atoms with Crippen molar-refractivity contribution >= 4 is 38.4 Å². The lowest BCUT2D eigenvalue weighted by Gasteiger charge is -2.42. The van der Waals surface area contributed by atoms with Crippen LogP contribution in [0.25, 0.3) is 10.9 Å². The molecule has 1 saturated heterocycles. The number of carbonyl (C=O) groups excluding carboxylic acids is 1. The standard InChI is InChI=1S/C19H25ClN4O4S/c1-19(17(25)15-10-14(20)9-12-11-22-24(19)16(12)15)13-3-6-23(7-4-13)18(26)21-5-8-29(2,27)28/h9-11,13,17,25H,3-8H2,1-2H3,(H,21,26)/t17-,19?/m1/s1. The van der Waals surface area contributed by atoms with Gasteiger partial charge in [0.05, 0.1) is 23.0 Å². The fourth-order valence-electron chi connectivity index (χ4n) is 4.69. The summed E-state index contributed by atoms with van der Waals surface area (Å²) in [5.41, 5.74) is 1.12. The number of carbonyl (C=O) groups is 1.